The van der Waals surface area contributed by atoms with Gasteiger partial charge in [0.05, 0.1) is 13.0 Å². The van der Waals surface area contributed by atoms with E-state index in [1.807, 2.05) is 4.90 Å². The highest BCUT2D eigenvalue weighted by molar-refractivity contribution is 5.89. The van der Waals surface area contributed by atoms with E-state index in [9.17, 15) is 14.4 Å². The highest BCUT2D eigenvalue weighted by Gasteiger charge is 2.37. The third-order valence-electron chi connectivity index (χ3n) is 8.13. The minimum absolute atomic E-state index is 0.0184. The van der Waals surface area contributed by atoms with Gasteiger partial charge in [-0.2, -0.15) is 9.97 Å². The van der Waals surface area contributed by atoms with Crippen LogP contribution in [0.25, 0.3) is 0 Å². The Kier molecular flexibility index (Phi) is 8.48. The second-order valence-corrected chi connectivity index (χ2v) is 10.6. The standard InChI is InChI=1S/C27H41N7O4/c1-2-38-25(36)10-9-24(35)34-15-7-8-21(34)26(37)32-18-16-31(17-19-32)23-20-22(30-11-3-4-12-30)28-27(29-23)33-13-5-6-14-33/h20-21H,2-19H2,1H3. The lowest BCUT2D eigenvalue weighted by atomic mass is 10.1. The zero-order chi connectivity index (χ0) is 26.5. The predicted octanol–water partition coefficient (Wildman–Crippen LogP) is 1.66. The second kappa shape index (κ2) is 12.2. The summed E-state index contributed by atoms with van der Waals surface area (Å²) in [5.41, 5.74) is 0. The van der Waals surface area contributed by atoms with Gasteiger partial charge < -0.3 is 29.2 Å². The Morgan fingerprint density at radius 3 is 2.03 bits per heavy atom. The number of nitrogens with zero attached hydrogens (tertiary/aromatic N) is 7. The minimum Gasteiger partial charge on any atom is -0.466 e. The van der Waals surface area contributed by atoms with Gasteiger partial charge in [-0.1, -0.05) is 0 Å². The van der Waals surface area contributed by atoms with Crippen LogP contribution in [0, 0.1) is 0 Å². The van der Waals surface area contributed by atoms with Crippen LogP contribution in [0.2, 0.25) is 0 Å². The molecule has 0 N–H and O–H groups in total. The van der Waals surface area contributed by atoms with Crippen molar-refractivity contribution in [3.8, 4) is 0 Å². The van der Waals surface area contributed by atoms with Crippen LogP contribution >= 0.6 is 0 Å². The lowest BCUT2D eigenvalue weighted by Crippen LogP contribution is -2.54. The number of amides is 2. The van der Waals surface area contributed by atoms with Crippen molar-refractivity contribution in [1.82, 2.24) is 19.8 Å². The number of aromatic nitrogens is 2. The number of hydrogen-bond donors (Lipinski definition) is 0. The van der Waals surface area contributed by atoms with Gasteiger partial charge in [-0.05, 0) is 45.4 Å². The molecule has 0 radical (unpaired) electrons. The molecule has 5 heterocycles. The van der Waals surface area contributed by atoms with E-state index in [1.165, 1.54) is 25.7 Å². The Morgan fingerprint density at radius 2 is 1.39 bits per heavy atom. The molecule has 4 fully saturated rings. The monoisotopic (exact) mass is 527 g/mol. The van der Waals surface area contributed by atoms with E-state index >= 15 is 0 Å². The van der Waals surface area contributed by atoms with Crippen LogP contribution in [0.4, 0.5) is 17.6 Å². The van der Waals surface area contributed by atoms with Crippen LogP contribution in [0.3, 0.4) is 0 Å². The number of rotatable bonds is 8. The normalized spacial score (nSPS) is 21.9. The number of likely N-dealkylation sites (tertiary alicyclic amines) is 1. The van der Waals surface area contributed by atoms with Crippen molar-refractivity contribution in [2.75, 3.05) is 80.2 Å². The SMILES string of the molecule is CCOC(=O)CCC(=O)N1CCCC1C(=O)N1CCN(c2cc(N3CCCC3)nc(N3CCCC3)n2)CC1. The molecule has 38 heavy (non-hydrogen) atoms. The molecular weight excluding hydrogens is 486 g/mol. The van der Waals surface area contributed by atoms with Gasteiger partial charge in [0.2, 0.25) is 17.8 Å². The summed E-state index contributed by atoms with van der Waals surface area (Å²) in [6.07, 6.45) is 6.37. The Labute approximate surface area is 225 Å². The Bertz CT molecular complexity index is 967. The third kappa shape index (κ3) is 5.96. The lowest BCUT2D eigenvalue weighted by Gasteiger charge is -2.38. The van der Waals surface area contributed by atoms with Crippen LogP contribution in [-0.4, -0.2) is 109 Å². The van der Waals surface area contributed by atoms with Gasteiger partial charge in [0.15, 0.2) is 0 Å². The van der Waals surface area contributed by atoms with Gasteiger partial charge in [0.25, 0.3) is 0 Å². The molecule has 4 aliphatic heterocycles. The van der Waals surface area contributed by atoms with E-state index in [0.717, 1.165) is 50.2 Å². The fraction of sp³-hybridized carbons (Fsp3) is 0.741. The van der Waals surface area contributed by atoms with Crippen molar-refractivity contribution in [2.24, 2.45) is 0 Å². The molecule has 0 spiro atoms. The van der Waals surface area contributed by atoms with Crippen molar-refractivity contribution in [3.63, 3.8) is 0 Å². The van der Waals surface area contributed by atoms with E-state index in [4.69, 9.17) is 14.7 Å². The van der Waals surface area contributed by atoms with Gasteiger partial charge in [0.1, 0.15) is 17.7 Å². The van der Waals surface area contributed by atoms with Crippen molar-refractivity contribution in [1.29, 1.82) is 0 Å². The molecule has 4 saturated heterocycles. The smallest absolute Gasteiger partial charge is 0.306 e. The summed E-state index contributed by atoms with van der Waals surface area (Å²) < 4.78 is 4.94. The molecule has 0 aliphatic carbocycles. The number of anilines is 3. The molecule has 1 aromatic rings. The zero-order valence-corrected chi connectivity index (χ0v) is 22.6. The Morgan fingerprint density at radius 1 is 0.789 bits per heavy atom. The van der Waals surface area contributed by atoms with Crippen LogP contribution in [0.15, 0.2) is 6.07 Å². The van der Waals surface area contributed by atoms with Crippen LogP contribution in [0.5, 0.6) is 0 Å². The molecule has 11 nitrogen and oxygen atoms in total. The molecule has 2 amide bonds. The van der Waals surface area contributed by atoms with Gasteiger partial charge in [-0.3, -0.25) is 14.4 Å². The maximum atomic E-state index is 13.4. The van der Waals surface area contributed by atoms with Gasteiger partial charge in [-0.25, -0.2) is 0 Å². The van der Waals surface area contributed by atoms with E-state index in [-0.39, 0.29) is 30.6 Å². The number of ether oxygens (including phenoxy) is 1. The fourth-order valence-electron chi connectivity index (χ4n) is 6.01. The van der Waals surface area contributed by atoms with Crippen LogP contribution < -0.4 is 14.7 Å². The van der Waals surface area contributed by atoms with E-state index in [0.29, 0.717) is 45.8 Å². The van der Waals surface area contributed by atoms with E-state index < -0.39 is 6.04 Å². The minimum atomic E-state index is -0.432. The number of hydrogen-bond acceptors (Lipinski definition) is 9. The quantitative estimate of drug-likeness (QED) is 0.467. The summed E-state index contributed by atoms with van der Waals surface area (Å²) >= 11 is 0. The van der Waals surface area contributed by atoms with Crippen molar-refractivity contribution < 1.29 is 19.1 Å². The fourth-order valence-corrected chi connectivity index (χ4v) is 6.01. The summed E-state index contributed by atoms with van der Waals surface area (Å²) in [7, 11) is 0. The highest BCUT2D eigenvalue weighted by atomic mass is 16.5. The highest BCUT2D eigenvalue weighted by Crippen LogP contribution is 2.28. The van der Waals surface area contributed by atoms with E-state index in [2.05, 4.69) is 20.8 Å². The second-order valence-electron chi connectivity index (χ2n) is 10.6. The first-order valence-electron chi connectivity index (χ1n) is 14.4. The number of carbonyl (C=O) groups is 3. The number of carbonyl (C=O) groups excluding carboxylic acids is 3. The van der Waals surface area contributed by atoms with Crippen molar-refractivity contribution >= 4 is 35.4 Å². The topological polar surface area (TPSA) is 102 Å². The molecule has 1 unspecified atom stereocenters. The first kappa shape index (κ1) is 26.5. The van der Waals surface area contributed by atoms with E-state index in [1.54, 1.807) is 11.8 Å². The number of esters is 1. The van der Waals surface area contributed by atoms with Gasteiger partial charge in [-0.15, -0.1) is 0 Å². The van der Waals surface area contributed by atoms with Gasteiger partial charge in [0, 0.05) is 71.4 Å². The van der Waals surface area contributed by atoms with Gasteiger partial charge >= 0.3 is 5.97 Å². The molecule has 0 aromatic carbocycles. The average molecular weight is 528 g/mol. The molecule has 1 atom stereocenters. The van der Waals surface area contributed by atoms with Crippen LogP contribution in [0.1, 0.15) is 58.3 Å². The average Bonchev–Trinajstić information content (AvgIpc) is 3.74. The van der Waals surface area contributed by atoms with Crippen molar-refractivity contribution in [3.05, 3.63) is 6.07 Å². The molecule has 0 saturated carbocycles. The largest absolute Gasteiger partial charge is 0.466 e. The lowest BCUT2D eigenvalue weighted by molar-refractivity contribution is -0.147. The third-order valence-corrected chi connectivity index (χ3v) is 8.13. The van der Waals surface area contributed by atoms with Crippen LogP contribution in [-0.2, 0) is 19.1 Å². The Balaban J connectivity index is 1.21. The molecule has 11 heteroatoms. The molecule has 1 aromatic heterocycles. The first-order valence-corrected chi connectivity index (χ1v) is 14.4. The van der Waals surface area contributed by atoms with Crippen molar-refractivity contribution in [2.45, 2.75) is 64.3 Å². The number of piperazine rings is 1. The summed E-state index contributed by atoms with van der Waals surface area (Å²) in [6.45, 7) is 9.29. The first-order chi connectivity index (χ1) is 18.5. The molecule has 4 aliphatic rings. The summed E-state index contributed by atoms with van der Waals surface area (Å²) in [5.74, 6) is 2.28. The Hall–Kier alpha value is -3.11. The summed E-state index contributed by atoms with van der Waals surface area (Å²) in [6, 6.07) is 1.68. The maximum Gasteiger partial charge on any atom is 0.306 e. The molecular formula is C27H41N7O4. The molecule has 0 bridgehead atoms. The molecule has 208 valence electrons. The molecule has 5 rings (SSSR count). The predicted molar refractivity (Wildman–Crippen MR) is 144 cm³/mol. The summed E-state index contributed by atoms with van der Waals surface area (Å²) in [5, 5.41) is 0. The summed E-state index contributed by atoms with van der Waals surface area (Å²) in [4.78, 5) is 58.3. The zero-order valence-electron chi connectivity index (χ0n) is 22.6. The maximum absolute atomic E-state index is 13.4.